The van der Waals surface area contributed by atoms with E-state index >= 15 is 0 Å². The van der Waals surface area contributed by atoms with Crippen molar-refractivity contribution >= 4 is 43.5 Å². The van der Waals surface area contributed by atoms with E-state index in [2.05, 4.69) is 26.1 Å². The summed E-state index contributed by atoms with van der Waals surface area (Å²) in [5.41, 5.74) is 0.399. The number of nitrogens with zero attached hydrogens (tertiary/aromatic N) is 2. The van der Waals surface area contributed by atoms with Gasteiger partial charge in [0.05, 0.1) is 15.5 Å². The van der Waals surface area contributed by atoms with Crippen molar-refractivity contribution in [2.75, 3.05) is 39.3 Å². The Kier molecular flexibility index (Phi) is 7.28. The van der Waals surface area contributed by atoms with Crippen molar-refractivity contribution in [2.24, 2.45) is 0 Å². The van der Waals surface area contributed by atoms with Gasteiger partial charge in [0.15, 0.2) is 0 Å². The molecule has 3 rings (SSSR count). The highest BCUT2D eigenvalue weighted by molar-refractivity contribution is 9.10. The third kappa shape index (κ3) is 5.55. The van der Waals surface area contributed by atoms with Crippen LogP contribution in [0, 0.1) is 5.82 Å². The van der Waals surface area contributed by atoms with Crippen LogP contribution in [0.2, 0.25) is 5.02 Å². The van der Waals surface area contributed by atoms with E-state index in [9.17, 15) is 17.6 Å². The first-order chi connectivity index (χ1) is 13.8. The third-order valence-corrected chi connectivity index (χ3v) is 7.41. The van der Waals surface area contributed by atoms with Crippen molar-refractivity contribution < 1.29 is 17.6 Å². The number of hydrogen-bond donors (Lipinski definition) is 1. The zero-order valence-electron chi connectivity index (χ0n) is 15.4. The molecule has 0 aliphatic carbocycles. The van der Waals surface area contributed by atoms with Crippen LogP contribution >= 0.6 is 27.5 Å². The Hall–Kier alpha value is -1.52. The Morgan fingerprint density at radius 2 is 1.76 bits per heavy atom. The van der Waals surface area contributed by atoms with Gasteiger partial charge in [-0.3, -0.25) is 9.69 Å². The van der Waals surface area contributed by atoms with Crippen molar-refractivity contribution in [3.63, 3.8) is 0 Å². The summed E-state index contributed by atoms with van der Waals surface area (Å²) >= 11 is 9.38. The summed E-state index contributed by atoms with van der Waals surface area (Å²) in [5, 5.41) is 3.21. The third-order valence-electron chi connectivity index (χ3n) is 4.67. The van der Waals surface area contributed by atoms with Crippen LogP contribution < -0.4 is 5.32 Å². The molecule has 0 radical (unpaired) electrons. The van der Waals surface area contributed by atoms with Gasteiger partial charge >= 0.3 is 0 Å². The number of halogens is 3. The highest BCUT2D eigenvalue weighted by Gasteiger charge is 2.28. The molecular weight excluding hydrogens is 485 g/mol. The van der Waals surface area contributed by atoms with Crippen LogP contribution in [0.4, 0.5) is 4.39 Å². The number of amides is 1. The van der Waals surface area contributed by atoms with Gasteiger partial charge in [-0.05, 0) is 42.5 Å². The quantitative estimate of drug-likeness (QED) is 0.657. The van der Waals surface area contributed by atoms with Crippen LogP contribution in [-0.2, 0) is 10.0 Å². The SMILES string of the molecule is O=C(NCCN1CCN(S(=O)(=O)c2ccc(F)cc2)CC1)c1cc(Br)ccc1Cl. The molecule has 156 valence electrons. The molecule has 1 fully saturated rings. The monoisotopic (exact) mass is 503 g/mol. The molecule has 1 heterocycles. The smallest absolute Gasteiger partial charge is 0.252 e. The molecule has 0 atom stereocenters. The van der Waals surface area contributed by atoms with E-state index in [0.29, 0.717) is 49.9 Å². The van der Waals surface area contributed by atoms with E-state index in [1.54, 1.807) is 18.2 Å². The predicted octanol–water partition coefficient (Wildman–Crippen LogP) is 2.98. The number of carbonyl (C=O) groups excluding carboxylic acids is 1. The van der Waals surface area contributed by atoms with Crippen molar-refractivity contribution in [3.05, 3.63) is 63.3 Å². The molecule has 0 saturated carbocycles. The summed E-state index contributed by atoms with van der Waals surface area (Å²) in [6.45, 7) is 2.80. The van der Waals surface area contributed by atoms with E-state index in [-0.39, 0.29) is 10.8 Å². The van der Waals surface area contributed by atoms with Gasteiger partial charge in [0, 0.05) is 43.7 Å². The van der Waals surface area contributed by atoms with E-state index in [4.69, 9.17) is 11.6 Å². The maximum Gasteiger partial charge on any atom is 0.252 e. The molecule has 0 bridgehead atoms. The lowest BCUT2D eigenvalue weighted by atomic mass is 10.2. The first-order valence-electron chi connectivity index (χ1n) is 8.99. The number of rotatable bonds is 6. The van der Waals surface area contributed by atoms with Crippen molar-refractivity contribution in [1.29, 1.82) is 0 Å². The van der Waals surface area contributed by atoms with Gasteiger partial charge in [-0.2, -0.15) is 4.31 Å². The van der Waals surface area contributed by atoms with E-state index in [0.717, 1.165) is 16.6 Å². The van der Waals surface area contributed by atoms with Crippen molar-refractivity contribution in [2.45, 2.75) is 4.90 Å². The van der Waals surface area contributed by atoms with Crippen LogP contribution in [0.5, 0.6) is 0 Å². The normalized spacial score (nSPS) is 16.0. The highest BCUT2D eigenvalue weighted by atomic mass is 79.9. The average molecular weight is 505 g/mol. The van der Waals surface area contributed by atoms with Gasteiger partial charge in [0.1, 0.15) is 5.82 Å². The summed E-state index contributed by atoms with van der Waals surface area (Å²) in [5.74, 6) is -0.728. The average Bonchev–Trinajstić information content (AvgIpc) is 2.70. The minimum absolute atomic E-state index is 0.0884. The number of piperazine rings is 1. The minimum Gasteiger partial charge on any atom is -0.351 e. The largest absolute Gasteiger partial charge is 0.351 e. The van der Waals surface area contributed by atoms with Crippen LogP contribution in [0.3, 0.4) is 0 Å². The first kappa shape index (κ1) is 22.2. The molecule has 0 spiro atoms. The Balaban J connectivity index is 1.48. The number of benzene rings is 2. The zero-order chi connectivity index (χ0) is 21.0. The van der Waals surface area contributed by atoms with Gasteiger partial charge in [0.25, 0.3) is 5.91 Å². The number of sulfonamides is 1. The summed E-state index contributed by atoms with van der Waals surface area (Å²) in [6.07, 6.45) is 0. The molecule has 1 aliphatic heterocycles. The highest BCUT2D eigenvalue weighted by Crippen LogP contribution is 2.21. The second-order valence-corrected chi connectivity index (χ2v) is 9.84. The fourth-order valence-corrected chi connectivity index (χ4v) is 5.03. The molecule has 1 N–H and O–H groups in total. The van der Waals surface area contributed by atoms with Crippen LogP contribution in [0.25, 0.3) is 0 Å². The lowest BCUT2D eigenvalue weighted by Crippen LogP contribution is -2.50. The van der Waals surface area contributed by atoms with Crippen LogP contribution in [0.1, 0.15) is 10.4 Å². The number of nitrogens with one attached hydrogen (secondary N) is 1. The molecular formula is C19H20BrClFN3O3S. The topological polar surface area (TPSA) is 69.7 Å². The second-order valence-electron chi connectivity index (χ2n) is 6.58. The first-order valence-corrected chi connectivity index (χ1v) is 11.6. The summed E-state index contributed by atoms with van der Waals surface area (Å²) < 4.78 is 40.5. The van der Waals surface area contributed by atoms with Crippen LogP contribution in [0.15, 0.2) is 51.8 Å². The molecule has 0 aromatic heterocycles. The number of carbonyl (C=O) groups is 1. The molecule has 1 saturated heterocycles. The molecule has 6 nitrogen and oxygen atoms in total. The van der Waals surface area contributed by atoms with Gasteiger partial charge in [-0.15, -0.1) is 0 Å². The van der Waals surface area contributed by atoms with Crippen LogP contribution in [-0.4, -0.2) is 62.8 Å². The fourth-order valence-electron chi connectivity index (χ4n) is 3.04. The maximum absolute atomic E-state index is 13.0. The van der Waals surface area contributed by atoms with Crippen molar-refractivity contribution in [1.82, 2.24) is 14.5 Å². The standard InChI is InChI=1S/C19H20BrClFN3O3S/c20-14-1-6-18(21)17(13-14)19(26)23-7-8-24-9-11-25(12-10-24)29(27,28)16-4-2-15(22)3-5-16/h1-6,13H,7-12H2,(H,23,26). The Bertz CT molecular complexity index is 981. The van der Waals surface area contributed by atoms with Gasteiger partial charge in [0.2, 0.25) is 10.0 Å². The number of hydrogen-bond acceptors (Lipinski definition) is 4. The van der Waals surface area contributed by atoms with E-state index in [1.807, 2.05) is 0 Å². The molecule has 2 aromatic carbocycles. The molecule has 29 heavy (non-hydrogen) atoms. The summed E-state index contributed by atoms with van der Waals surface area (Å²) in [7, 11) is -3.63. The summed E-state index contributed by atoms with van der Waals surface area (Å²) in [4.78, 5) is 14.4. The van der Waals surface area contributed by atoms with Gasteiger partial charge in [-0.25, -0.2) is 12.8 Å². The zero-order valence-corrected chi connectivity index (χ0v) is 18.6. The molecule has 10 heteroatoms. The Labute approximate surface area is 182 Å². The minimum atomic E-state index is -3.63. The van der Waals surface area contributed by atoms with Crippen molar-refractivity contribution in [3.8, 4) is 0 Å². The molecule has 2 aromatic rings. The van der Waals surface area contributed by atoms with E-state index in [1.165, 1.54) is 16.4 Å². The van der Waals surface area contributed by atoms with Gasteiger partial charge in [-0.1, -0.05) is 27.5 Å². The Morgan fingerprint density at radius 1 is 1.10 bits per heavy atom. The Morgan fingerprint density at radius 3 is 2.41 bits per heavy atom. The predicted molar refractivity (Wildman–Crippen MR) is 113 cm³/mol. The lowest BCUT2D eigenvalue weighted by molar-refractivity contribution is 0.0945. The van der Waals surface area contributed by atoms with E-state index < -0.39 is 15.8 Å². The lowest BCUT2D eigenvalue weighted by Gasteiger charge is -2.33. The second kappa shape index (κ2) is 9.53. The fraction of sp³-hybridized carbons (Fsp3) is 0.316. The maximum atomic E-state index is 13.0. The summed E-state index contributed by atoms with van der Waals surface area (Å²) in [6, 6.07) is 9.92. The molecule has 1 aliphatic rings. The molecule has 0 unspecified atom stereocenters. The molecule has 1 amide bonds. The van der Waals surface area contributed by atoms with Gasteiger partial charge < -0.3 is 5.32 Å².